The first-order valence-electron chi connectivity index (χ1n) is 12.0. The molecule has 190 valence electrons. The molecular weight excluding hydrogens is 476 g/mol. The number of amides is 3. The van der Waals surface area contributed by atoms with E-state index in [2.05, 4.69) is 16.0 Å². The van der Waals surface area contributed by atoms with E-state index in [-0.39, 0.29) is 36.0 Å². The Kier molecular flexibility index (Phi) is 8.71. The lowest BCUT2D eigenvalue weighted by Crippen LogP contribution is -2.55. The Morgan fingerprint density at radius 2 is 1.58 bits per heavy atom. The van der Waals surface area contributed by atoms with Crippen molar-refractivity contribution >= 4 is 46.6 Å². The zero-order chi connectivity index (χ0) is 25.1. The first-order chi connectivity index (χ1) is 16.8. The minimum atomic E-state index is -0.794. The molecule has 1 aliphatic rings. The maximum Gasteiger partial charge on any atom is 0.251 e. The number of halogens is 1. The Morgan fingerprint density at radius 3 is 2.31 bits per heavy atom. The van der Waals surface area contributed by atoms with Gasteiger partial charge in [-0.25, -0.2) is 0 Å². The summed E-state index contributed by atoms with van der Waals surface area (Å²) in [5, 5.41) is 10.8. The van der Waals surface area contributed by atoms with Crippen LogP contribution < -0.4 is 16.0 Å². The molecule has 0 unspecified atom stereocenters. The van der Waals surface area contributed by atoms with Crippen LogP contribution in [0.5, 0.6) is 0 Å². The Bertz CT molecular complexity index is 1260. The standard InChI is InChI=1S/C28H32N4O3.ClH/c1-17(2)24(31-26(33)18(3)29-4)28(35)32-16-20-11-6-8-14-22(20)25(32)27(34)30-23-15-9-12-19-10-5-7-13-21(19)23;/h5-15,17-18,24-25,29H,16H2,1-4H3,(H,30,34)(H,31,33);1H/t18-,24-,25+;/m0./s1. The predicted octanol–water partition coefficient (Wildman–Crippen LogP) is 4.03. The van der Waals surface area contributed by atoms with Crippen LogP contribution in [0.2, 0.25) is 0 Å². The molecule has 0 aromatic heterocycles. The van der Waals surface area contributed by atoms with Crippen LogP contribution in [-0.2, 0) is 20.9 Å². The third kappa shape index (κ3) is 5.37. The number of hydrogen-bond donors (Lipinski definition) is 3. The molecule has 0 saturated heterocycles. The fraction of sp³-hybridized carbons (Fsp3) is 0.321. The molecule has 3 aromatic rings. The quantitative estimate of drug-likeness (QED) is 0.449. The van der Waals surface area contributed by atoms with Gasteiger partial charge in [0.05, 0.1) is 6.04 Å². The van der Waals surface area contributed by atoms with Crippen LogP contribution in [-0.4, -0.2) is 41.8 Å². The average Bonchev–Trinajstić information content (AvgIpc) is 3.26. The summed E-state index contributed by atoms with van der Waals surface area (Å²) in [4.78, 5) is 41.7. The molecule has 3 atom stereocenters. The molecule has 0 aliphatic carbocycles. The van der Waals surface area contributed by atoms with Gasteiger partial charge in [0.1, 0.15) is 12.1 Å². The van der Waals surface area contributed by atoms with Gasteiger partial charge in [-0.1, -0.05) is 74.5 Å². The summed E-state index contributed by atoms with van der Waals surface area (Å²) in [7, 11) is 1.70. The summed E-state index contributed by atoms with van der Waals surface area (Å²) in [6, 6.07) is 19.2. The molecule has 3 amide bonds. The molecule has 0 fully saturated rings. The first kappa shape index (κ1) is 27.2. The second-order valence-electron chi connectivity index (χ2n) is 9.32. The highest BCUT2D eigenvalue weighted by atomic mass is 35.5. The number of rotatable bonds is 7. The summed E-state index contributed by atoms with van der Waals surface area (Å²) in [5.41, 5.74) is 2.42. The zero-order valence-electron chi connectivity index (χ0n) is 20.9. The Labute approximate surface area is 218 Å². The SMILES string of the molecule is CN[C@@H](C)C(=O)N[C@H](C(=O)N1Cc2ccccc2[C@@H]1C(=O)Nc1cccc2ccccc12)C(C)C.Cl. The molecule has 3 N–H and O–H groups in total. The number of fused-ring (bicyclic) bond motifs is 2. The second kappa shape index (κ2) is 11.5. The van der Waals surface area contributed by atoms with E-state index >= 15 is 0 Å². The van der Waals surface area contributed by atoms with Crippen LogP contribution in [0, 0.1) is 5.92 Å². The van der Waals surface area contributed by atoms with Crippen molar-refractivity contribution in [3.05, 3.63) is 77.9 Å². The lowest BCUT2D eigenvalue weighted by molar-refractivity contribution is -0.143. The topological polar surface area (TPSA) is 90.5 Å². The van der Waals surface area contributed by atoms with Crippen LogP contribution in [0.25, 0.3) is 10.8 Å². The summed E-state index contributed by atoms with van der Waals surface area (Å²) in [6.07, 6.45) is 0. The molecule has 8 heteroatoms. The summed E-state index contributed by atoms with van der Waals surface area (Å²) in [6.45, 7) is 5.83. The van der Waals surface area contributed by atoms with Gasteiger partial charge in [-0.2, -0.15) is 0 Å². The van der Waals surface area contributed by atoms with Gasteiger partial charge in [-0.15, -0.1) is 12.4 Å². The number of nitrogens with zero attached hydrogens (tertiary/aromatic N) is 1. The number of carbonyl (C=O) groups is 3. The minimum Gasteiger partial charge on any atom is -0.343 e. The van der Waals surface area contributed by atoms with Crippen LogP contribution in [0.1, 0.15) is 37.9 Å². The zero-order valence-corrected chi connectivity index (χ0v) is 21.8. The van der Waals surface area contributed by atoms with Crippen molar-refractivity contribution in [2.75, 3.05) is 12.4 Å². The van der Waals surface area contributed by atoms with E-state index in [9.17, 15) is 14.4 Å². The summed E-state index contributed by atoms with van der Waals surface area (Å²) in [5.74, 6) is -0.961. The first-order valence-corrected chi connectivity index (χ1v) is 12.0. The smallest absolute Gasteiger partial charge is 0.251 e. The predicted molar refractivity (Wildman–Crippen MR) is 145 cm³/mol. The van der Waals surface area contributed by atoms with Crippen LogP contribution in [0.3, 0.4) is 0 Å². The number of anilines is 1. The van der Waals surface area contributed by atoms with E-state index in [1.807, 2.05) is 80.6 Å². The van der Waals surface area contributed by atoms with Gasteiger partial charge in [0, 0.05) is 17.6 Å². The van der Waals surface area contributed by atoms with E-state index < -0.39 is 18.1 Å². The maximum atomic E-state index is 13.8. The van der Waals surface area contributed by atoms with Crippen molar-refractivity contribution in [3.63, 3.8) is 0 Å². The molecule has 3 aromatic carbocycles. The molecule has 36 heavy (non-hydrogen) atoms. The van der Waals surface area contributed by atoms with Gasteiger partial charge in [0.2, 0.25) is 11.8 Å². The van der Waals surface area contributed by atoms with Crippen molar-refractivity contribution in [1.29, 1.82) is 0 Å². The van der Waals surface area contributed by atoms with E-state index in [1.54, 1.807) is 18.9 Å². The molecular formula is C28H33ClN4O3. The van der Waals surface area contributed by atoms with Gasteiger partial charge in [0.25, 0.3) is 5.91 Å². The highest BCUT2D eigenvalue weighted by Crippen LogP contribution is 2.36. The molecule has 1 aliphatic heterocycles. The van der Waals surface area contributed by atoms with E-state index in [0.717, 1.165) is 21.9 Å². The number of hydrogen-bond acceptors (Lipinski definition) is 4. The lowest BCUT2D eigenvalue weighted by Gasteiger charge is -2.31. The largest absolute Gasteiger partial charge is 0.343 e. The number of likely N-dealkylation sites (N-methyl/N-ethyl adjacent to an activating group) is 1. The maximum absolute atomic E-state index is 13.8. The fourth-order valence-electron chi connectivity index (χ4n) is 4.51. The second-order valence-corrected chi connectivity index (χ2v) is 9.32. The minimum absolute atomic E-state index is 0. The molecule has 1 heterocycles. The Balaban J connectivity index is 0.00000361. The number of nitrogens with one attached hydrogen (secondary N) is 3. The van der Waals surface area contributed by atoms with Crippen molar-refractivity contribution in [2.45, 2.75) is 45.4 Å². The average molecular weight is 509 g/mol. The highest BCUT2D eigenvalue weighted by molar-refractivity contribution is 6.05. The van der Waals surface area contributed by atoms with E-state index in [0.29, 0.717) is 12.2 Å². The Hall–Kier alpha value is -3.42. The molecule has 0 radical (unpaired) electrons. The monoisotopic (exact) mass is 508 g/mol. The van der Waals surface area contributed by atoms with Gasteiger partial charge >= 0.3 is 0 Å². The Morgan fingerprint density at radius 1 is 0.917 bits per heavy atom. The number of carbonyl (C=O) groups excluding carboxylic acids is 3. The van der Waals surface area contributed by atoms with Crippen molar-refractivity contribution in [1.82, 2.24) is 15.5 Å². The molecule has 0 spiro atoms. The van der Waals surface area contributed by atoms with Crippen molar-refractivity contribution in [3.8, 4) is 0 Å². The van der Waals surface area contributed by atoms with Gasteiger partial charge in [0.15, 0.2) is 0 Å². The summed E-state index contributed by atoms with van der Waals surface area (Å²) >= 11 is 0. The van der Waals surface area contributed by atoms with E-state index in [4.69, 9.17) is 0 Å². The number of benzene rings is 3. The van der Waals surface area contributed by atoms with E-state index in [1.165, 1.54) is 0 Å². The van der Waals surface area contributed by atoms with Gasteiger partial charge in [-0.05, 0) is 42.5 Å². The van der Waals surface area contributed by atoms with Gasteiger partial charge in [-0.3, -0.25) is 14.4 Å². The normalized spacial score (nSPS) is 16.1. The molecule has 0 bridgehead atoms. The van der Waals surface area contributed by atoms with Crippen LogP contribution >= 0.6 is 12.4 Å². The van der Waals surface area contributed by atoms with Crippen LogP contribution in [0.15, 0.2) is 66.7 Å². The lowest BCUT2D eigenvalue weighted by atomic mass is 10.0. The van der Waals surface area contributed by atoms with Crippen molar-refractivity contribution in [2.24, 2.45) is 5.92 Å². The third-order valence-corrected chi connectivity index (χ3v) is 6.64. The molecule has 4 rings (SSSR count). The van der Waals surface area contributed by atoms with Crippen molar-refractivity contribution < 1.29 is 14.4 Å². The summed E-state index contributed by atoms with van der Waals surface area (Å²) < 4.78 is 0. The third-order valence-electron chi connectivity index (χ3n) is 6.64. The molecule has 7 nitrogen and oxygen atoms in total. The van der Waals surface area contributed by atoms with Gasteiger partial charge < -0.3 is 20.9 Å². The molecule has 0 saturated carbocycles. The van der Waals surface area contributed by atoms with Crippen LogP contribution in [0.4, 0.5) is 5.69 Å². The fourth-order valence-corrected chi connectivity index (χ4v) is 4.51. The highest BCUT2D eigenvalue weighted by Gasteiger charge is 2.42.